The first-order chi connectivity index (χ1) is 7.47. The Bertz CT molecular complexity index is 463. The lowest BCUT2D eigenvalue weighted by Gasteiger charge is -2.14. The summed E-state index contributed by atoms with van der Waals surface area (Å²) in [7, 11) is -3.58. The van der Waals surface area contributed by atoms with Crippen LogP contribution in [0.5, 0.6) is 0 Å². The lowest BCUT2D eigenvalue weighted by Crippen LogP contribution is -2.17. The Kier molecular flexibility index (Phi) is 2.90. The van der Waals surface area contributed by atoms with Crippen LogP contribution in [0.25, 0.3) is 0 Å². The third-order valence-electron chi connectivity index (χ3n) is 2.91. The molecule has 0 radical (unpaired) electrons. The van der Waals surface area contributed by atoms with Gasteiger partial charge in [-0.15, -0.1) is 0 Å². The number of nitrogens with one attached hydrogen (secondary N) is 1. The summed E-state index contributed by atoms with van der Waals surface area (Å²) in [5.41, 5.74) is 0.937. The van der Waals surface area contributed by atoms with Gasteiger partial charge < -0.3 is 5.32 Å². The highest BCUT2D eigenvalue weighted by Crippen LogP contribution is 2.33. The van der Waals surface area contributed by atoms with Crippen molar-refractivity contribution in [2.75, 3.05) is 5.32 Å². The van der Waals surface area contributed by atoms with Crippen LogP contribution in [0, 0.1) is 5.92 Å². The van der Waals surface area contributed by atoms with Crippen LogP contribution >= 0.6 is 0 Å². The van der Waals surface area contributed by atoms with Gasteiger partial charge in [0.2, 0.25) is 10.0 Å². The first-order valence-electron chi connectivity index (χ1n) is 5.36. The van der Waals surface area contributed by atoms with E-state index in [1.165, 1.54) is 25.0 Å². The minimum Gasteiger partial charge on any atom is -0.382 e. The Hall–Kier alpha value is -1.07. The van der Waals surface area contributed by atoms with Gasteiger partial charge >= 0.3 is 0 Å². The molecule has 0 amide bonds. The van der Waals surface area contributed by atoms with Crippen LogP contribution in [0.15, 0.2) is 29.2 Å². The van der Waals surface area contributed by atoms with Gasteiger partial charge in [-0.1, -0.05) is 0 Å². The average molecular weight is 240 g/mol. The fraction of sp³-hybridized carbons (Fsp3) is 0.455. The molecule has 1 saturated carbocycles. The lowest BCUT2D eigenvalue weighted by molar-refractivity contribution is 0.598. The number of sulfonamides is 1. The minimum absolute atomic E-state index is 0.150. The van der Waals surface area contributed by atoms with E-state index in [-0.39, 0.29) is 4.90 Å². The Morgan fingerprint density at radius 1 is 1.31 bits per heavy atom. The molecular formula is C11H16N2O2S. The van der Waals surface area contributed by atoms with Crippen LogP contribution in [-0.2, 0) is 10.0 Å². The van der Waals surface area contributed by atoms with E-state index in [0.29, 0.717) is 6.04 Å². The summed E-state index contributed by atoms with van der Waals surface area (Å²) in [6, 6.07) is 6.99. The summed E-state index contributed by atoms with van der Waals surface area (Å²) >= 11 is 0. The van der Waals surface area contributed by atoms with Gasteiger partial charge in [0.05, 0.1) is 4.90 Å². The van der Waals surface area contributed by atoms with Crippen molar-refractivity contribution in [3.63, 3.8) is 0 Å². The van der Waals surface area contributed by atoms with Crippen LogP contribution in [0.2, 0.25) is 0 Å². The minimum atomic E-state index is -3.58. The van der Waals surface area contributed by atoms with Gasteiger partial charge in [0.1, 0.15) is 0 Å². The van der Waals surface area contributed by atoms with Crippen molar-refractivity contribution in [3.05, 3.63) is 24.3 Å². The molecule has 16 heavy (non-hydrogen) atoms. The van der Waals surface area contributed by atoms with E-state index in [4.69, 9.17) is 5.14 Å². The third-order valence-corrected chi connectivity index (χ3v) is 3.84. The fourth-order valence-electron chi connectivity index (χ4n) is 1.72. The number of benzene rings is 1. The predicted molar refractivity (Wildman–Crippen MR) is 63.6 cm³/mol. The molecule has 1 aromatic rings. The maximum Gasteiger partial charge on any atom is 0.238 e. The van der Waals surface area contributed by atoms with E-state index in [0.717, 1.165) is 11.6 Å². The molecule has 4 nitrogen and oxygen atoms in total. The Balaban J connectivity index is 2.07. The van der Waals surface area contributed by atoms with E-state index >= 15 is 0 Å². The van der Waals surface area contributed by atoms with Crippen LogP contribution in [-0.4, -0.2) is 14.5 Å². The predicted octanol–water partition coefficient (Wildman–Crippen LogP) is 1.54. The second kappa shape index (κ2) is 4.07. The molecule has 0 heterocycles. The quantitative estimate of drug-likeness (QED) is 0.838. The highest BCUT2D eigenvalue weighted by atomic mass is 32.2. The topological polar surface area (TPSA) is 72.2 Å². The molecule has 1 aliphatic carbocycles. The summed E-state index contributed by atoms with van der Waals surface area (Å²) < 4.78 is 22.1. The summed E-state index contributed by atoms with van der Waals surface area (Å²) in [5, 5.41) is 8.36. The molecular weight excluding hydrogens is 224 g/mol. The first kappa shape index (κ1) is 11.4. The summed E-state index contributed by atoms with van der Waals surface area (Å²) in [5.74, 6) is 0.762. The SMILES string of the molecule is CC(Nc1ccc(S(N)(=O)=O)cc1)C1CC1. The van der Waals surface area contributed by atoms with Gasteiger partial charge in [-0.3, -0.25) is 0 Å². The van der Waals surface area contributed by atoms with Gasteiger partial charge in [-0.05, 0) is 49.9 Å². The Labute approximate surface area is 95.9 Å². The molecule has 1 aliphatic rings. The first-order valence-corrected chi connectivity index (χ1v) is 6.91. The van der Waals surface area contributed by atoms with Gasteiger partial charge in [-0.2, -0.15) is 0 Å². The molecule has 1 unspecified atom stereocenters. The zero-order valence-electron chi connectivity index (χ0n) is 9.18. The third kappa shape index (κ3) is 2.74. The van der Waals surface area contributed by atoms with Crippen LogP contribution < -0.4 is 10.5 Å². The molecule has 1 aromatic carbocycles. The highest BCUT2D eigenvalue weighted by molar-refractivity contribution is 7.89. The van der Waals surface area contributed by atoms with Gasteiger partial charge in [0, 0.05) is 11.7 Å². The molecule has 0 saturated heterocycles. The standard InChI is InChI=1S/C11H16N2O2S/c1-8(9-2-3-9)13-10-4-6-11(7-5-10)16(12,14)15/h4-9,13H,2-3H2,1H3,(H2,12,14,15). The van der Waals surface area contributed by atoms with Crippen molar-refractivity contribution in [2.45, 2.75) is 30.7 Å². The van der Waals surface area contributed by atoms with Gasteiger partial charge in [0.15, 0.2) is 0 Å². The molecule has 2 rings (SSSR count). The molecule has 0 bridgehead atoms. The van der Waals surface area contributed by atoms with E-state index in [2.05, 4.69) is 12.2 Å². The van der Waals surface area contributed by atoms with Crippen molar-refractivity contribution >= 4 is 15.7 Å². The average Bonchev–Trinajstić information content (AvgIpc) is 3.00. The highest BCUT2D eigenvalue weighted by Gasteiger charge is 2.27. The molecule has 1 atom stereocenters. The second-order valence-electron chi connectivity index (χ2n) is 4.34. The smallest absolute Gasteiger partial charge is 0.238 e. The monoisotopic (exact) mass is 240 g/mol. The number of nitrogens with two attached hydrogens (primary N) is 1. The second-order valence-corrected chi connectivity index (χ2v) is 5.90. The maximum absolute atomic E-state index is 11.0. The van der Waals surface area contributed by atoms with Crippen LogP contribution in [0.3, 0.4) is 0 Å². The number of hydrogen-bond donors (Lipinski definition) is 2. The molecule has 5 heteroatoms. The normalized spacial score (nSPS) is 18.1. The summed E-state index contributed by atoms with van der Waals surface area (Å²) in [6.07, 6.45) is 2.56. The fourth-order valence-corrected chi connectivity index (χ4v) is 2.23. The molecule has 0 spiro atoms. The number of primary sulfonamides is 1. The Morgan fingerprint density at radius 3 is 2.31 bits per heavy atom. The van der Waals surface area contributed by atoms with Crippen molar-refractivity contribution in [1.82, 2.24) is 0 Å². The van der Waals surface area contributed by atoms with Gasteiger partial charge in [0.25, 0.3) is 0 Å². The molecule has 1 fully saturated rings. The van der Waals surface area contributed by atoms with E-state index in [9.17, 15) is 8.42 Å². The van der Waals surface area contributed by atoms with E-state index in [1.807, 2.05) is 0 Å². The Morgan fingerprint density at radius 2 is 1.88 bits per heavy atom. The molecule has 88 valence electrons. The molecule has 0 aromatic heterocycles. The van der Waals surface area contributed by atoms with Crippen LogP contribution in [0.1, 0.15) is 19.8 Å². The van der Waals surface area contributed by atoms with Crippen molar-refractivity contribution in [2.24, 2.45) is 11.1 Å². The number of hydrogen-bond acceptors (Lipinski definition) is 3. The largest absolute Gasteiger partial charge is 0.382 e. The zero-order chi connectivity index (χ0) is 11.8. The molecule has 3 N–H and O–H groups in total. The summed E-state index contributed by atoms with van der Waals surface area (Å²) in [6.45, 7) is 2.14. The lowest BCUT2D eigenvalue weighted by atomic mass is 10.2. The van der Waals surface area contributed by atoms with Crippen molar-refractivity contribution in [1.29, 1.82) is 0 Å². The number of anilines is 1. The maximum atomic E-state index is 11.0. The molecule has 0 aliphatic heterocycles. The zero-order valence-corrected chi connectivity index (χ0v) is 10.00. The van der Waals surface area contributed by atoms with E-state index < -0.39 is 10.0 Å². The van der Waals surface area contributed by atoms with Crippen molar-refractivity contribution < 1.29 is 8.42 Å². The van der Waals surface area contributed by atoms with Crippen LogP contribution in [0.4, 0.5) is 5.69 Å². The van der Waals surface area contributed by atoms with E-state index in [1.54, 1.807) is 12.1 Å². The van der Waals surface area contributed by atoms with Crippen molar-refractivity contribution in [3.8, 4) is 0 Å². The summed E-state index contributed by atoms with van der Waals surface area (Å²) in [4.78, 5) is 0.150. The van der Waals surface area contributed by atoms with Gasteiger partial charge in [-0.25, -0.2) is 13.6 Å². The number of rotatable bonds is 4.